The Bertz CT molecular complexity index is 753. The Morgan fingerprint density at radius 2 is 2.25 bits per heavy atom. The summed E-state index contributed by atoms with van der Waals surface area (Å²) in [5.74, 6) is 0.495. The molecule has 3 rings (SSSR count). The molecule has 2 aromatic heterocycles. The summed E-state index contributed by atoms with van der Waals surface area (Å²) in [4.78, 5) is 14.6. The van der Waals surface area contributed by atoms with Gasteiger partial charge in [-0.05, 0) is 0 Å². The summed E-state index contributed by atoms with van der Waals surface area (Å²) in [7, 11) is 3.23. The van der Waals surface area contributed by atoms with Crippen molar-refractivity contribution in [3.05, 3.63) is 6.33 Å². The van der Waals surface area contributed by atoms with Gasteiger partial charge in [0.05, 0.1) is 19.0 Å². The zero-order valence-corrected chi connectivity index (χ0v) is 14.4. The molecule has 0 saturated carbocycles. The summed E-state index contributed by atoms with van der Waals surface area (Å²) >= 11 is 0. The number of nitrogens with two attached hydrogens (primary N) is 1. The number of nitrogens with zero attached hydrogens (tertiary/aromatic N) is 5. The molecule has 24 heavy (non-hydrogen) atoms. The Balaban J connectivity index is 1.99. The molecule has 130 valence electrons. The van der Waals surface area contributed by atoms with E-state index >= 15 is 0 Å². The minimum absolute atomic E-state index is 0.0275. The number of anilines is 2. The highest BCUT2D eigenvalue weighted by molar-refractivity contribution is 7.17. The predicted octanol–water partition coefficient (Wildman–Crippen LogP) is 0.592. The van der Waals surface area contributed by atoms with Crippen LogP contribution in [0.5, 0.6) is 0 Å². The molecular weight excluding hydrogens is 335 g/mol. The van der Waals surface area contributed by atoms with E-state index in [-0.39, 0.29) is 18.5 Å². The van der Waals surface area contributed by atoms with Crippen molar-refractivity contribution in [3.63, 3.8) is 0 Å². The lowest BCUT2D eigenvalue weighted by Crippen LogP contribution is -2.28. The Hall–Kier alpha value is -1.87. The maximum absolute atomic E-state index is 10.5. The van der Waals surface area contributed by atoms with E-state index < -0.39 is 27.1 Å². The van der Waals surface area contributed by atoms with Crippen LogP contribution >= 0.6 is 8.69 Å². The van der Waals surface area contributed by atoms with E-state index in [2.05, 4.69) is 15.0 Å². The number of aliphatic hydroxyl groups excluding tert-OH is 1. The first-order valence-electron chi connectivity index (χ1n) is 7.39. The molecule has 11 heteroatoms. The van der Waals surface area contributed by atoms with Crippen LogP contribution in [0.2, 0.25) is 0 Å². The van der Waals surface area contributed by atoms with Gasteiger partial charge in [-0.15, -0.1) is 0 Å². The van der Waals surface area contributed by atoms with Gasteiger partial charge in [-0.1, -0.05) is 6.92 Å². The van der Waals surface area contributed by atoms with Gasteiger partial charge in [-0.2, -0.15) is 9.97 Å². The molecule has 10 nitrogen and oxygen atoms in total. The molecule has 1 saturated heterocycles. The average Bonchev–Trinajstić information content (AvgIpc) is 3.07. The van der Waals surface area contributed by atoms with Crippen molar-refractivity contribution in [2.75, 3.05) is 31.3 Å². The van der Waals surface area contributed by atoms with Crippen molar-refractivity contribution in [1.29, 1.82) is 0 Å². The molecule has 1 aliphatic rings. The highest BCUT2D eigenvalue weighted by Gasteiger charge is 2.42. The molecule has 3 N–H and O–H groups in total. The SMILES string of the molecule is C[C@H]1[C@H](O)C(COP=O)O[C@H]1n1cnc2c(N(C)C)nc(N)nc21. The van der Waals surface area contributed by atoms with Gasteiger partial charge >= 0.3 is 8.69 Å². The number of ether oxygens (including phenoxy) is 1. The van der Waals surface area contributed by atoms with Gasteiger partial charge < -0.3 is 20.5 Å². The van der Waals surface area contributed by atoms with E-state index in [0.29, 0.717) is 17.0 Å². The monoisotopic (exact) mass is 354 g/mol. The predicted molar refractivity (Wildman–Crippen MR) is 86.7 cm³/mol. The molecule has 0 bridgehead atoms. The van der Waals surface area contributed by atoms with Crippen molar-refractivity contribution in [1.82, 2.24) is 19.5 Å². The number of imidazole rings is 1. The number of fused-ring (bicyclic) bond motifs is 1. The Labute approximate surface area is 139 Å². The third-order valence-corrected chi connectivity index (χ3v) is 4.35. The van der Waals surface area contributed by atoms with Gasteiger partial charge in [0.2, 0.25) is 5.95 Å². The van der Waals surface area contributed by atoms with Crippen LogP contribution < -0.4 is 10.6 Å². The first-order chi connectivity index (χ1) is 11.4. The van der Waals surface area contributed by atoms with Gasteiger partial charge in [0.15, 0.2) is 17.0 Å². The second kappa shape index (κ2) is 6.56. The maximum atomic E-state index is 10.5. The molecule has 1 fully saturated rings. The summed E-state index contributed by atoms with van der Waals surface area (Å²) in [6.07, 6.45) is -0.251. The number of nitrogen functional groups attached to an aromatic ring is 1. The highest BCUT2D eigenvalue weighted by atomic mass is 31.1. The third-order valence-electron chi connectivity index (χ3n) is 4.09. The number of aliphatic hydroxyl groups is 1. The van der Waals surface area contributed by atoms with Crippen LogP contribution in [-0.2, 0) is 13.8 Å². The minimum atomic E-state index is -0.762. The lowest BCUT2D eigenvalue weighted by Gasteiger charge is -2.18. The van der Waals surface area contributed by atoms with Gasteiger partial charge in [-0.3, -0.25) is 9.09 Å². The van der Waals surface area contributed by atoms with Crippen molar-refractivity contribution in [3.8, 4) is 0 Å². The lowest BCUT2D eigenvalue weighted by molar-refractivity contribution is -0.0380. The summed E-state index contributed by atoms with van der Waals surface area (Å²) in [6.45, 7) is 1.88. The van der Waals surface area contributed by atoms with E-state index in [9.17, 15) is 9.67 Å². The Morgan fingerprint density at radius 3 is 2.92 bits per heavy atom. The summed E-state index contributed by atoms with van der Waals surface area (Å²) < 4.78 is 22.9. The van der Waals surface area contributed by atoms with Crippen molar-refractivity contribution in [2.45, 2.75) is 25.4 Å². The third kappa shape index (κ3) is 2.82. The van der Waals surface area contributed by atoms with Crippen LogP contribution in [0.25, 0.3) is 11.2 Å². The lowest BCUT2D eigenvalue weighted by atomic mass is 10.0. The molecule has 0 spiro atoms. The molecule has 0 aromatic carbocycles. The normalized spacial score (nSPS) is 27.2. The second-order valence-electron chi connectivity index (χ2n) is 5.91. The van der Waals surface area contributed by atoms with Gasteiger partial charge in [-0.25, -0.2) is 9.55 Å². The molecule has 0 radical (unpaired) electrons. The average molecular weight is 354 g/mol. The first-order valence-corrected chi connectivity index (χ1v) is 8.12. The van der Waals surface area contributed by atoms with Crippen molar-refractivity contribution >= 4 is 31.6 Å². The van der Waals surface area contributed by atoms with Crippen LogP contribution in [0.3, 0.4) is 0 Å². The van der Waals surface area contributed by atoms with Crippen LogP contribution in [0.15, 0.2) is 6.33 Å². The molecule has 0 amide bonds. The molecule has 0 aliphatic carbocycles. The standard InChI is InChI=1S/C13H19N6O4P/c1-6-9(20)7(4-22-24-21)23-12(6)19-5-15-8-10(18(2)3)16-13(14)17-11(8)19/h5-7,9,12,20H,4H2,1-3H3,(H2,14,16,17)/t6-,7?,9-,12+/m0/s1. The van der Waals surface area contributed by atoms with Crippen molar-refractivity contribution in [2.24, 2.45) is 5.92 Å². The molecule has 4 atom stereocenters. The van der Waals surface area contributed by atoms with Crippen LogP contribution in [0.1, 0.15) is 13.2 Å². The topological polar surface area (TPSA) is 129 Å². The first kappa shape index (κ1) is 17.0. The molecule has 1 unspecified atom stereocenters. The largest absolute Gasteiger partial charge is 0.390 e. The number of rotatable bonds is 5. The molecule has 1 aliphatic heterocycles. The summed E-state index contributed by atoms with van der Waals surface area (Å²) in [5, 5.41) is 10.3. The number of hydrogen-bond acceptors (Lipinski definition) is 9. The second-order valence-corrected chi connectivity index (χ2v) is 6.32. The molecule has 3 heterocycles. The van der Waals surface area contributed by atoms with Gasteiger partial charge in [0.25, 0.3) is 0 Å². The Morgan fingerprint density at radius 1 is 1.50 bits per heavy atom. The smallest absolute Gasteiger partial charge is 0.327 e. The van der Waals surface area contributed by atoms with E-state index in [4.69, 9.17) is 15.0 Å². The fourth-order valence-corrected chi connectivity index (χ4v) is 3.08. The molecule has 2 aromatic rings. The van der Waals surface area contributed by atoms with Gasteiger partial charge in [0.1, 0.15) is 12.3 Å². The zero-order valence-electron chi connectivity index (χ0n) is 13.5. The van der Waals surface area contributed by atoms with E-state index in [1.807, 2.05) is 21.0 Å². The minimum Gasteiger partial charge on any atom is -0.390 e. The summed E-state index contributed by atoms with van der Waals surface area (Å²) in [6, 6.07) is 0. The van der Waals surface area contributed by atoms with E-state index in [1.165, 1.54) is 0 Å². The fraction of sp³-hybridized carbons (Fsp3) is 0.615. The number of aromatic nitrogens is 4. The van der Waals surface area contributed by atoms with Gasteiger partial charge in [0, 0.05) is 20.0 Å². The van der Waals surface area contributed by atoms with E-state index in [0.717, 1.165) is 0 Å². The highest BCUT2D eigenvalue weighted by Crippen LogP contribution is 2.37. The van der Waals surface area contributed by atoms with Crippen LogP contribution in [0, 0.1) is 5.92 Å². The maximum Gasteiger partial charge on any atom is 0.327 e. The van der Waals surface area contributed by atoms with E-state index in [1.54, 1.807) is 15.8 Å². The molecular formula is C13H19N6O4P. The quantitative estimate of drug-likeness (QED) is 0.741. The Kier molecular flexibility index (Phi) is 4.64. The number of hydrogen-bond donors (Lipinski definition) is 2. The van der Waals surface area contributed by atoms with Crippen molar-refractivity contribution < 1.29 is 18.9 Å². The van der Waals surface area contributed by atoms with Crippen LogP contribution in [0.4, 0.5) is 11.8 Å². The summed E-state index contributed by atoms with van der Waals surface area (Å²) in [5.41, 5.74) is 6.93. The van der Waals surface area contributed by atoms with Crippen LogP contribution in [-0.4, -0.2) is 57.5 Å². The zero-order chi connectivity index (χ0) is 17.4. The fourth-order valence-electron chi connectivity index (χ4n) is 2.87.